The molecule has 0 aliphatic heterocycles. The summed E-state index contributed by atoms with van der Waals surface area (Å²) in [5.74, 6) is 3.92. The summed E-state index contributed by atoms with van der Waals surface area (Å²) in [6.07, 6.45) is 20.4. The van der Waals surface area contributed by atoms with E-state index < -0.39 is 0 Å². The Morgan fingerprint density at radius 3 is 1.37 bits per heavy atom. The molecule has 268 valence electrons. The van der Waals surface area contributed by atoms with Crippen LogP contribution in [0.1, 0.15) is 45.6 Å². The predicted octanol–water partition coefficient (Wildman–Crippen LogP) is 7.05. The molecule has 0 saturated heterocycles. The van der Waals surface area contributed by atoms with Crippen molar-refractivity contribution >= 4 is 39.5 Å². The number of allylic oxidation sites excluding steroid dienone is 6. The Morgan fingerprint density at radius 1 is 0.556 bits per heavy atom. The molecule has 8 heteroatoms. The van der Waals surface area contributed by atoms with Crippen LogP contribution in [0.3, 0.4) is 0 Å². The Labute approximate surface area is 342 Å². The molecule has 0 saturated carbocycles. The van der Waals surface area contributed by atoms with Crippen molar-refractivity contribution in [2.45, 2.75) is 24.9 Å². The van der Waals surface area contributed by atoms with Gasteiger partial charge >= 0.3 is 41.9 Å². The molecule has 2 unspecified atom stereocenters. The molecule has 0 amide bonds. The molecular formula is C46H36Cl2O4SiZr-2. The third-order valence-electron chi connectivity index (χ3n) is 9.08. The average molecular weight is 843 g/mol. The van der Waals surface area contributed by atoms with Gasteiger partial charge in [-0.2, -0.15) is 0 Å². The maximum absolute atomic E-state index is 6.12. The first-order valence-corrected chi connectivity index (χ1v) is 23.6. The van der Waals surface area contributed by atoms with Gasteiger partial charge in [-0.05, 0) is 36.4 Å². The zero-order chi connectivity index (χ0) is 35.4. The summed E-state index contributed by atoms with van der Waals surface area (Å²) in [4.78, 5) is 0. The van der Waals surface area contributed by atoms with Crippen molar-refractivity contribution in [1.29, 1.82) is 0 Å². The van der Waals surface area contributed by atoms with Gasteiger partial charge in [0.2, 0.25) is 0 Å². The van der Waals surface area contributed by atoms with Crippen LogP contribution in [0.25, 0.3) is 56.7 Å². The summed E-state index contributed by atoms with van der Waals surface area (Å²) in [6.45, 7) is 4.62. The molecule has 4 aromatic carbocycles. The molecule has 10 rings (SSSR count). The zero-order valence-electron chi connectivity index (χ0n) is 29.7. The van der Waals surface area contributed by atoms with Crippen molar-refractivity contribution in [1.82, 2.24) is 0 Å². The zero-order valence-corrected chi connectivity index (χ0v) is 34.7. The van der Waals surface area contributed by atoms with E-state index in [-0.39, 0.29) is 42.1 Å². The molecule has 0 N–H and O–H groups in total. The molecule has 8 aromatic rings. The van der Waals surface area contributed by atoms with Gasteiger partial charge in [-0.15, -0.1) is 58.7 Å². The first kappa shape index (κ1) is 39.1. The molecule has 4 heterocycles. The van der Waals surface area contributed by atoms with Crippen molar-refractivity contribution in [3.8, 4) is 22.6 Å². The minimum atomic E-state index is 0. The van der Waals surface area contributed by atoms with Crippen LogP contribution in [-0.4, -0.2) is 5.43 Å². The molecule has 0 radical (unpaired) electrons. The van der Waals surface area contributed by atoms with Crippen molar-refractivity contribution in [3.05, 3.63) is 192 Å². The van der Waals surface area contributed by atoms with E-state index in [0.717, 1.165) is 56.1 Å². The van der Waals surface area contributed by atoms with Crippen molar-refractivity contribution in [2.24, 2.45) is 0 Å². The Kier molecular flexibility index (Phi) is 12.8. The van der Waals surface area contributed by atoms with E-state index >= 15 is 0 Å². The van der Waals surface area contributed by atoms with Gasteiger partial charge in [0.1, 0.15) is 22.7 Å². The van der Waals surface area contributed by atoms with Gasteiger partial charge in [0, 0.05) is 22.6 Å². The fourth-order valence-corrected chi connectivity index (χ4v) is 6.77. The van der Waals surface area contributed by atoms with E-state index in [1.165, 1.54) is 22.3 Å². The van der Waals surface area contributed by atoms with Crippen molar-refractivity contribution in [2.75, 3.05) is 0 Å². The van der Waals surface area contributed by atoms with Crippen LogP contribution in [0.5, 0.6) is 0 Å². The first-order chi connectivity index (χ1) is 25.5. The minimum Gasteiger partial charge on any atom is -1.00 e. The molecule has 54 heavy (non-hydrogen) atoms. The Hall–Kier alpha value is -4.58. The topological polar surface area (TPSA) is 52.6 Å². The largest absolute Gasteiger partial charge is 1.00 e. The van der Waals surface area contributed by atoms with Crippen LogP contribution >= 0.6 is 0 Å². The van der Waals surface area contributed by atoms with Gasteiger partial charge in [-0.1, -0.05) is 96.1 Å². The van der Waals surface area contributed by atoms with Gasteiger partial charge in [-0.3, -0.25) is 0 Å². The number of hydrogen-bond acceptors (Lipinski definition) is 4. The number of benzene rings is 2. The van der Waals surface area contributed by atoms with E-state index in [9.17, 15) is 0 Å². The molecule has 0 fully saturated rings. The van der Waals surface area contributed by atoms with Gasteiger partial charge in [0.15, 0.2) is 0 Å². The average Bonchev–Trinajstić information content (AvgIpc) is 4.00. The van der Waals surface area contributed by atoms with Gasteiger partial charge in [0.05, 0.1) is 24.0 Å². The Morgan fingerprint density at radius 2 is 0.981 bits per heavy atom. The number of halogens is 2. The summed E-state index contributed by atoms with van der Waals surface area (Å²) in [5, 5.41) is 2.27. The van der Waals surface area contributed by atoms with Gasteiger partial charge in [0.25, 0.3) is 0 Å². The molecular weight excluding hydrogens is 807 g/mol. The summed E-state index contributed by atoms with van der Waals surface area (Å²) < 4.78 is 23.3. The molecule has 2 aliphatic carbocycles. The number of rotatable bonds is 4. The molecule has 4 nitrogen and oxygen atoms in total. The van der Waals surface area contributed by atoms with Crippen LogP contribution in [0, 0.1) is 0 Å². The second kappa shape index (κ2) is 17.7. The maximum Gasteiger partial charge on any atom is -1.00 e. The number of furan rings is 4. The summed E-state index contributed by atoms with van der Waals surface area (Å²) in [5.41, 5.74) is 9.17. The van der Waals surface area contributed by atoms with E-state index in [1.54, 1.807) is 35.9 Å². The van der Waals surface area contributed by atoms with E-state index in [1.807, 2.05) is 60.7 Å². The molecule has 2 atom stereocenters. The van der Waals surface area contributed by atoms with E-state index in [4.69, 9.17) is 17.7 Å². The third-order valence-corrected chi connectivity index (χ3v) is 9.08. The standard InChI is InChI=1S/2C22H15O2.C2H6Si.2ClH.Zr/c2*1-3-8-18(22-14-16-7-2-4-9-21(16)24-22)19-13-17(12-15(19)6-1)20-10-5-11-23-20;1-3-2;;;/h2*1-14,18H;1-2H3;2*1H;/q2*-1;;;;+2/p-2. The summed E-state index contributed by atoms with van der Waals surface area (Å²) in [7, 11) is 0. The SMILES string of the molecule is C1=Cc2[cH-]c(-c3ccco3)cc2C(c2cc3ccccc3o2)C=C1.C1=Cc2[cH-]c(-c3ccco3)cc2C(c2cc3ccccc3o2)C=C1.C[Si](C)=[Zr+2].[Cl-].[Cl-]. The molecule has 2 aliphatic rings. The van der Waals surface area contributed by atoms with Crippen molar-refractivity contribution in [3.63, 3.8) is 0 Å². The number of hydrogen-bond donors (Lipinski definition) is 0. The fourth-order valence-electron chi connectivity index (χ4n) is 6.77. The van der Waals surface area contributed by atoms with Crippen molar-refractivity contribution < 1.29 is 65.8 Å². The number of para-hydroxylation sites is 2. The Balaban J connectivity index is 0.000000162. The summed E-state index contributed by atoms with van der Waals surface area (Å²) in [6, 6.07) is 37.1. The van der Waals surface area contributed by atoms with E-state index in [0.29, 0.717) is 0 Å². The predicted molar refractivity (Wildman–Crippen MR) is 209 cm³/mol. The van der Waals surface area contributed by atoms with Crippen LogP contribution in [0.15, 0.2) is 176 Å². The van der Waals surface area contributed by atoms with Gasteiger partial charge < -0.3 is 42.5 Å². The van der Waals surface area contributed by atoms with E-state index in [2.05, 4.69) is 110 Å². The van der Waals surface area contributed by atoms with Crippen LogP contribution < -0.4 is 24.8 Å². The second-order valence-electron chi connectivity index (χ2n) is 13.1. The Bertz CT molecular complexity index is 2340. The first-order valence-electron chi connectivity index (χ1n) is 17.4. The molecule has 4 aromatic heterocycles. The van der Waals surface area contributed by atoms with Crippen LogP contribution in [0.4, 0.5) is 0 Å². The minimum absolute atomic E-state index is 0. The summed E-state index contributed by atoms with van der Waals surface area (Å²) >= 11 is 1.74. The monoisotopic (exact) mass is 840 g/mol. The fraction of sp³-hybridized carbons (Fsp3) is 0.0870. The quantitative estimate of drug-likeness (QED) is 0.141. The van der Waals surface area contributed by atoms with Crippen LogP contribution in [0.2, 0.25) is 13.1 Å². The van der Waals surface area contributed by atoms with Gasteiger partial charge in [-0.25, -0.2) is 0 Å². The third kappa shape index (κ3) is 8.53. The second-order valence-corrected chi connectivity index (χ2v) is 22.5. The molecule has 0 bridgehead atoms. The molecule has 0 spiro atoms. The van der Waals surface area contributed by atoms with Crippen LogP contribution in [-0.2, 0) is 23.3 Å². The normalized spacial score (nSPS) is 15.1. The maximum atomic E-state index is 6.12. The smallest absolute Gasteiger partial charge is 1.00 e. The number of fused-ring (bicyclic) bond motifs is 4.